The Labute approximate surface area is 105 Å². The van der Waals surface area contributed by atoms with Gasteiger partial charge in [-0.3, -0.25) is 4.79 Å². The predicted octanol–water partition coefficient (Wildman–Crippen LogP) is 1.40. The molecular formula is C13H26N2O2. The average molecular weight is 242 g/mol. The lowest BCUT2D eigenvalue weighted by Crippen LogP contribution is -2.49. The quantitative estimate of drug-likeness (QED) is 0.740. The molecule has 1 fully saturated rings. The zero-order valence-corrected chi connectivity index (χ0v) is 11.5. The van der Waals surface area contributed by atoms with Gasteiger partial charge >= 0.3 is 5.97 Å². The third kappa shape index (κ3) is 4.64. The molecule has 4 heteroatoms. The first-order chi connectivity index (χ1) is 8.04. The van der Waals surface area contributed by atoms with Gasteiger partial charge in [0.2, 0.25) is 0 Å². The predicted molar refractivity (Wildman–Crippen MR) is 69.0 cm³/mol. The summed E-state index contributed by atoms with van der Waals surface area (Å²) in [6, 6.07) is 0.883. The van der Waals surface area contributed by atoms with Gasteiger partial charge < -0.3 is 15.0 Å². The number of carbonyl (C=O) groups is 1. The summed E-state index contributed by atoms with van der Waals surface area (Å²) in [5, 5.41) is 3.36. The van der Waals surface area contributed by atoms with Crippen molar-refractivity contribution in [3.8, 4) is 0 Å². The molecule has 0 aromatic carbocycles. The van der Waals surface area contributed by atoms with Gasteiger partial charge in [-0.15, -0.1) is 0 Å². The lowest BCUT2D eigenvalue weighted by Gasteiger charge is -2.35. The van der Waals surface area contributed by atoms with Crippen molar-refractivity contribution in [1.82, 2.24) is 10.2 Å². The first-order valence-electron chi connectivity index (χ1n) is 6.71. The van der Waals surface area contributed by atoms with E-state index >= 15 is 0 Å². The molecule has 1 unspecified atom stereocenters. The molecule has 17 heavy (non-hydrogen) atoms. The van der Waals surface area contributed by atoms with Gasteiger partial charge in [0.25, 0.3) is 0 Å². The second-order valence-corrected chi connectivity index (χ2v) is 5.04. The highest BCUT2D eigenvalue weighted by atomic mass is 16.5. The SMILES string of the molecule is CCOC(=O)C(C)NC1CCN(C(C)C)CC1. The van der Waals surface area contributed by atoms with Crippen LogP contribution in [0.4, 0.5) is 0 Å². The van der Waals surface area contributed by atoms with Crippen LogP contribution >= 0.6 is 0 Å². The van der Waals surface area contributed by atoms with Crippen molar-refractivity contribution in [3.05, 3.63) is 0 Å². The fourth-order valence-electron chi connectivity index (χ4n) is 2.27. The van der Waals surface area contributed by atoms with Crippen molar-refractivity contribution in [3.63, 3.8) is 0 Å². The van der Waals surface area contributed by atoms with E-state index < -0.39 is 0 Å². The van der Waals surface area contributed by atoms with Gasteiger partial charge in [0.05, 0.1) is 6.61 Å². The fraction of sp³-hybridized carbons (Fsp3) is 0.923. The number of likely N-dealkylation sites (tertiary alicyclic amines) is 1. The second kappa shape index (κ2) is 6.97. The lowest BCUT2D eigenvalue weighted by molar-refractivity contribution is -0.145. The topological polar surface area (TPSA) is 41.6 Å². The van der Waals surface area contributed by atoms with Crippen LogP contribution in [0.5, 0.6) is 0 Å². The molecule has 1 atom stereocenters. The van der Waals surface area contributed by atoms with Crippen LogP contribution < -0.4 is 5.32 Å². The summed E-state index contributed by atoms with van der Waals surface area (Å²) in [5.74, 6) is -0.140. The third-order valence-corrected chi connectivity index (χ3v) is 3.39. The van der Waals surface area contributed by atoms with Gasteiger partial charge in [-0.1, -0.05) is 0 Å². The van der Waals surface area contributed by atoms with Gasteiger partial charge in [-0.05, 0) is 53.6 Å². The Hall–Kier alpha value is -0.610. The van der Waals surface area contributed by atoms with E-state index in [0.717, 1.165) is 25.9 Å². The van der Waals surface area contributed by atoms with Crippen LogP contribution in [0.25, 0.3) is 0 Å². The molecular weight excluding hydrogens is 216 g/mol. The monoisotopic (exact) mass is 242 g/mol. The highest BCUT2D eigenvalue weighted by Gasteiger charge is 2.24. The molecule has 0 aromatic heterocycles. The summed E-state index contributed by atoms with van der Waals surface area (Å²) in [7, 11) is 0. The lowest BCUT2D eigenvalue weighted by atomic mass is 10.0. The zero-order chi connectivity index (χ0) is 12.8. The molecule has 0 aromatic rings. The average Bonchev–Trinajstić information content (AvgIpc) is 2.30. The van der Waals surface area contributed by atoms with Gasteiger partial charge in [0.15, 0.2) is 0 Å². The number of nitrogens with zero attached hydrogens (tertiary/aromatic N) is 1. The molecule has 100 valence electrons. The third-order valence-electron chi connectivity index (χ3n) is 3.39. The van der Waals surface area contributed by atoms with E-state index in [0.29, 0.717) is 18.7 Å². The van der Waals surface area contributed by atoms with Crippen molar-refractivity contribution in [2.75, 3.05) is 19.7 Å². The zero-order valence-electron chi connectivity index (χ0n) is 11.5. The van der Waals surface area contributed by atoms with Crippen molar-refractivity contribution in [2.24, 2.45) is 0 Å². The molecule has 0 aliphatic carbocycles. The van der Waals surface area contributed by atoms with E-state index in [1.165, 1.54) is 0 Å². The molecule has 0 radical (unpaired) electrons. The minimum atomic E-state index is -0.189. The molecule has 1 aliphatic rings. The van der Waals surface area contributed by atoms with E-state index in [1.807, 2.05) is 13.8 Å². The Morgan fingerprint density at radius 3 is 2.41 bits per heavy atom. The maximum atomic E-state index is 11.5. The van der Waals surface area contributed by atoms with Crippen LogP contribution in [0.15, 0.2) is 0 Å². The summed E-state index contributed by atoms with van der Waals surface area (Å²) in [5.41, 5.74) is 0. The minimum Gasteiger partial charge on any atom is -0.465 e. The molecule has 0 spiro atoms. The van der Waals surface area contributed by atoms with Gasteiger partial charge in [0, 0.05) is 12.1 Å². The number of hydrogen-bond acceptors (Lipinski definition) is 4. The van der Waals surface area contributed by atoms with Crippen molar-refractivity contribution in [1.29, 1.82) is 0 Å². The molecule has 1 N–H and O–H groups in total. The largest absolute Gasteiger partial charge is 0.465 e. The van der Waals surface area contributed by atoms with E-state index in [4.69, 9.17) is 4.74 Å². The number of rotatable bonds is 5. The Morgan fingerprint density at radius 1 is 1.35 bits per heavy atom. The molecule has 0 amide bonds. The fourth-order valence-corrected chi connectivity index (χ4v) is 2.27. The normalized spacial score (nSPS) is 20.5. The first kappa shape index (κ1) is 14.5. The van der Waals surface area contributed by atoms with Gasteiger partial charge in [-0.25, -0.2) is 0 Å². The Balaban J connectivity index is 2.28. The number of ether oxygens (including phenoxy) is 1. The Kier molecular flexibility index (Phi) is 5.92. The van der Waals surface area contributed by atoms with E-state index in [-0.39, 0.29) is 12.0 Å². The molecule has 1 heterocycles. The molecule has 4 nitrogen and oxygen atoms in total. The van der Waals surface area contributed by atoms with Crippen LogP contribution in [0.1, 0.15) is 40.5 Å². The molecule has 1 rings (SSSR count). The molecule has 1 aliphatic heterocycles. The van der Waals surface area contributed by atoms with Crippen LogP contribution in [0, 0.1) is 0 Å². The molecule has 1 saturated heterocycles. The van der Waals surface area contributed by atoms with Gasteiger partial charge in [-0.2, -0.15) is 0 Å². The summed E-state index contributed by atoms with van der Waals surface area (Å²) < 4.78 is 4.99. The highest BCUT2D eigenvalue weighted by Crippen LogP contribution is 2.13. The maximum absolute atomic E-state index is 11.5. The standard InChI is InChI=1S/C13H26N2O2/c1-5-17-13(16)11(4)14-12-6-8-15(9-7-12)10(2)3/h10-12,14H,5-9H2,1-4H3. The van der Waals surface area contributed by atoms with Crippen molar-refractivity contribution < 1.29 is 9.53 Å². The number of piperidine rings is 1. The van der Waals surface area contributed by atoms with Crippen molar-refractivity contribution in [2.45, 2.75) is 58.7 Å². The summed E-state index contributed by atoms with van der Waals surface area (Å²) >= 11 is 0. The Bertz CT molecular complexity index is 236. The number of carbonyl (C=O) groups excluding carboxylic acids is 1. The van der Waals surface area contributed by atoms with Gasteiger partial charge in [0.1, 0.15) is 6.04 Å². The number of hydrogen-bond donors (Lipinski definition) is 1. The van der Waals surface area contributed by atoms with Crippen LogP contribution in [-0.4, -0.2) is 48.7 Å². The minimum absolute atomic E-state index is 0.140. The second-order valence-electron chi connectivity index (χ2n) is 5.04. The smallest absolute Gasteiger partial charge is 0.322 e. The van der Waals surface area contributed by atoms with Crippen LogP contribution in [0.2, 0.25) is 0 Å². The molecule has 0 saturated carbocycles. The Morgan fingerprint density at radius 2 is 1.94 bits per heavy atom. The number of nitrogens with one attached hydrogen (secondary N) is 1. The van der Waals surface area contributed by atoms with Crippen LogP contribution in [-0.2, 0) is 9.53 Å². The number of esters is 1. The summed E-state index contributed by atoms with van der Waals surface area (Å²) in [4.78, 5) is 14.0. The van der Waals surface area contributed by atoms with E-state index in [9.17, 15) is 4.79 Å². The maximum Gasteiger partial charge on any atom is 0.322 e. The first-order valence-corrected chi connectivity index (χ1v) is 6.71. The van der Waals surface area contributed by atoms with E-state index in [1.54, 1.807) is 0 Å². The molecule has 0 bridgehead atoms. The van der Waals surface area contributed by atoms with Crippen LogP contribution in [0.3, 0.4) is 0 Å². The highest BCUT2D eigenvalue weighted by molar-refractivity contribution is 5.75. The summed E-state index contributed by atoms with van der Waals surface area (Å²) in [6.45, 7) is 10.9. The van der Waals surface area contributed by atoms with Crippen molar-refractivity contribution >= 4 is 5.97 Å². The van der Waals surface area contributed by atoms with E-state index in [2.05, 4.69) is 24.1 Å². The summed E-state index contributed by atoms with van der Waals surface area (Å²) in [6.07, 6.45) is 2.23.